The van der Waals surface area contributed by atoms with Gasteiger partial charge in [0.25, 0.3) is 0 Å². The van der Waals surface area contributed by atoms with Crippen molar-refractivity contribution in [1.29, 1.82) is 5.26 Å². The molecule has 0 N–H and O–H groups in total. The predicted octanol–water partition coefficient (Wildman–Crippen LogP) is 7.91. The first-order valence-electron chi connectivity index (χ1n) is 12.7. The summed E-state index contributed by atoms with van der Waals surface area (Å²) < 4.78 is 65.0. The summed E-state index contributed by atoms with van der Waals surface area (Å²) in [5.41, 5.74) is 2.03. The van der Waals surface area contributed by atoms with Gasteiger partial charge in [-0.05, 0) is 78.1 Å². The summed E-state index contributed by atoms with van der Waals surface area (Å²) in [6.07, 6.45) is 1.66. The normalized spacial score (nSPS) is 10.6. The molecule has 0 amide bonds. The number of hydrogen-bond acceptors (Lipinski definition) is 5. The smallest absolute Gasteiger partial charge is 0.311 e. The summed E-state index contributed by atoms with van der Waals surface area (Å²) in [5, 5.41) is 8.90. The second kappa shape index (κ2) is 13.4. The first kappa shape index (κ1) is 29.0. The van der Waals surface area contributed by atoms with Crippen molar-refractivity contribution in [3.05, 3.63) is 108 Å². The number of rotatable bonds is 10. The third kappa shape index (κ3) is 7.79. The molecule has 0 atom stereocenters. The number of esters is 2. The highest BCUT2D eigenvalue weighted by molar-refractivity contribution is 5.74. The molecule has 4 aromatic rings. The molecule has 0 bridgehead atoms. The van der Waals surface area contributed by atoms with Gasteiger partial charge >= 0.3 is 11.9 Å². The molecule has 0 radical (unpaired) electrons. The van der Waals surface area contributed by atoms with Crippen molar-refractivity contribution >= 4 is 11.9 Å². The minimum absolute atomic E-state index is 0.0314. The van der Waals surface area contributed by atoms with Crippen molar-refractivity contribution in [3.8, 4) is 39.8 Å². The minimum atomic E-state index is -1.65. The maximum absolute atomic E-state index is 14.5. The Bertz CT molecular complexity index is 1570. The van der Waals surface area contributed by atoms with Crippen LogP contribution in [0.15, 0.2) is 78.9 Å². The highest BCUT2D eigenvalue weighted by Gasteiger charge is 2.15. The zero-order chi connectivity index (χ0) is 29.4. The minimum Gasteiger partial charge on any atom is -0.427 e. The first-order chi connectivity index (χ1) is 19.7. The van der Waals surface area contributed by atoms with Crippen LogP contribution in [0.25, 0.3) is 22.3 Å². The zero-order valence-corrected chi connectivity index (χ0v) is 21.6. The molecule has 41 heavy (non-hydrogen) atoms. The molecule has 0 aliphatic heterocycles. The number of hydrogen-bond donors (Lipinski definition) is 0. The highest BCUT2D eigenvalue weighted by atomic mass is 19.2. The molecule has 0 fully saturated rings. The average molecular weight is 562 g/mol. The monoisotopic (exact) mass is 561 g/mol. The lowest BCUT2D eigenvalue weighted by atomic mass is 10.0. The van der Waals surface area contributed by atoms with Crippen LogP contribution in [0.2, 0.25) is 0 Å². The van der Waals surface area contributed by atoms with Gasteiger partial charge < -0.3 is 9.47 Å². The van der Waals surface area contributed by atoms with Crippen LogP contribution >= 0.6 is 0 Å². The second-order valence-corrected chi connectivity index (χ2v) is 9.12. The highest BCUT2D eigenvalue weighted by Crippen LogP contribution is 2.29. The fourth-order valence-electron chi connectivity index (χ4n) is 4.04. The molecule has 0 heterocycles. The van der Waals surface area contributed by atoms with E-state index in [1.54, 1.807) is 24.3 Å². The van der Waals surface area contributed by atoms with E-state index in [0.29, 0.717) is 42.7 Å². The van der Waals surface area contributed by atoms with Gasteiger partial charge in [-0.3, -0.25) is 9.59 Å². The fourth-order valence-corrected chi connectivity index (χ4v) is 4.04. The average Bonchev–Trinajstić information content (AvgIpc) is 2.96. The van der Waals surface area contributed by atoms with Gasteiger partial charge in [0.05, 0.1) is 11.6 Å². The van der Waals surface area contributed by atoms with Crippen molar-refractivity contribution < 1.29 is 36.6 Å². The molecule has 0 saturated carbocycles. The van der Waals surface area contributed by atoms with E-state index in [9.17, 15) is 27.2 Å². The Hall–Kier alpha value is -4.97. The van der Waals surface area contributed by atoms with Crippen LogP contribution in [0.3, 0.4) is 0 Å². The van der Waals surface area contributed by atoms with Gasteiger partial charge in [0.2, 0.25) is 0 Å². The summed E-state index contributed by atoms with van der Waals surface area (Å²) in [4.78, 5) is 24.3. The van der Waals surface area contributed by atoms with Gasteiger partial charge in [-0.15, -0.1) is 0 Å². The van der Waals surface area contributed by atoms with Crippen molar-refractivity contribution in [3.63, 3.8) is 0 Å². The lowest BCUT2D eigenvalue weighted by molar-refractivity contribution is -0.134. The Morgan fingerprint density at radius 1 is 0.610 bits per heavy atom. The standard InChI is InChI=1S/C32H23F4NO4/c33-27-18-25(14-15-26(27)23-16-28(34)32(36)29(35)17-23)41-31(39)5-3-1-2-4-30(38)40-24-12-10-22(11-13-24)21-8-6-20(19-37)7-9-21/h6-18H,1-5H2. The van der Waals surface area contributed by atoms with Crippen molar-refractivity contribution in [2.75, 3.05) is 0 Å². The molecule has 0 aliphatic rings. The van der Waals surface area contributed by atoms with Crippen LogP contribution in [0.4, 0.5) is 17.6 Å². The van der Waals surface area contributed by atoms with E-state index in [-0.39, 0.29) is 29.7 Å². The predicted molar refractivity (Wildman–Crippen MR) is 143 cm³/mol. The fraction of sp³-hybridized carbons (Fsp3) is 0.156. The van der Waals surface area contributed by atoms with E-state index in [1.807, 2.05) is 24.3 Å². The number of benzene rings is 4. The Morgan fingerprint density at radius 3 is 1.66 bits per heavy atom. The molecule has 0 aromatic heterocycles. The Kier molecular flexibility index (Phi) is 9.48. The molecule has 0 unspecified atom stereocenters. The number of carbonyl (C=O) groups is 2. The molecular weight excluding hydrogens is 538 g/mol. The van der Waals surface area contributed by atoms with Gasteiger partial charge in [-0.2, -0.15) is 5.26 Å². The summed E-state index contributed by atoms with van der Waals surface area (Å²) in [7, 11) is 0. The van der Waals surface area contributed by atoms with E-state index in [4.69, 9.17) is 14.7 Å². The van der Waals surface area contributed by atoms with Crippen LogP contribution in [0.5, 0.6) is 11.5 Å². The van der Waals surface area contributed by atoms with Crippen molar-refractivity contribution in [1.82, 2.24) is 0 Å². The quantitative estimate of drug-likeness (QED) is 0.0647. The number of carbonyl (C=O) groups excluding carboxylic acids is 2. The summed E-state index contributed by atoms with van der Waals surface area (Å²) in [5.74, 6) is -6.14. The molecule has 5 nitrogen and oxygen atoms in total. The SMILES string of the molecule is N#Cc1ccc(-c2ccc(OC(=O)CCCCCC(=O)Oc3ccc(-c4cc(F)c(F)c(F)c4)c(F)c3)cc2)cc1. The van der Waals surface area contributed by atoms with E-state index in [1.165, 1.54) is 12.1 Å². The third-order valence-corrected chi connectivity index (χ3v) is 6.16. The molecule has 0 spiro atoms. The van der Waals surface area contributed by atoms with Crippen molar-refractivity contribution in [2.24, 2.45) is 0 Å². The van der Waals surface area contributed by atoms with Gasteiger partial charge in [-0.1, -0.05) is 30.7 Å². The largest absolute Gasteiger partial charge is 0.427 e. The molecule has 0 aliphatic carbocycles. The van der Waals surface area contributed by atoms with Crippen LogP contribution in [0.1, 0.15) is 37.7 Å². The van der Waals surface area contributed by atoms with Gasteiger partial charge in [0, 0.05) is 24.5 Å². The van der Waals surface area contributed by atoms with E-state index in [0.717, 1.165) is 17.2 Å². The molecule has 208 valence electrons. The molecule has 4 aromatic carbocycles. The summed E-state index contributed by atoms with van der Waals surface area (Å²) in [6.45, 7) is 0. The second-order valence-electron chi connectivity index (χ2n) is 9.12. The van der Waals surface area contributed by atoms with Crippen LogP contribution in [-0.2, 0) is 9.59 Å². The summed E-state index contributed by atoms with van der Waals surface area (Å²) >= 11 is 0. The zero-order valence-electron chi connectivity index (χ0n) is 21.6. The van der Waals surface area contributed by atoms with Gasteiger partial charge in [-0.25, -0.2) is 17.6 Å². The maximum atomic E-state index is 14.5. The van der Waals surface area contributed by atoms with E-state index < -0.39 is 35.2 Å². The van der Waals surface area contributed by atoms with Gasteiger partial charge in [0.1, 0.15) is 17.3 Å². The lowest BCUT2D eigenvalue weighted by Crippen LogP contribution is -2.09. The van der Waals surface area contributed by atoms with Gasteiger partial charge in [0.15, 0.2) is 17.5 Å². The van der Waals surface area contributed by atoms with E-state index in [2.05, 4.69) is 6.07 Å². The van der Waals surface area contributed by atoms with Crippen LogP contribution in [-0.4, -0.2) is 11.9 Å². The van der Waals surface area contributed by atoms with Crippen molar-refractivity contribution in [2.45, 2.75) is 32.1 Å². The van der Waals surface area contributed by atoms with Crippen LogP contribution < -0.4 is 9.47 Å². The molecule has 0 saturated heterocycles. The summed E-state index contributed by atoms with van der Waals surface area (Å²) in [6, 6.07) is 20.9. The molecule has 9 heteroatoms. The van der Waals surface area contributed by atoms with Crippen LogP contribution in [0, 0.1) is 34.6 Å². The third-order valence-electron chi connectivity index (χ3n) is 6.16. The molecular formula is C32H23F4NO4. The number of ether oxygens (including phenoxy) is 2. The first-order valence-corrected chi connectivity index (χ1v) is 12.7. The Balaban J connectivity index is 1.17. The number of nitrogens with zero attached hydrogens (tertiary/aromatic N) is 1. The lowest BCUT2D eigenvalue weighted by Gasteiger charge is -2.09. The Labute approximate surface area is 233 Å². The molecule has 4 rings (SSSR count). The number of unbranched alkanes of at least 4 members (excludes halogenated alkanes) is 2. The maximum Gasteiger partial charge on any atom is 0.311 e. The van der Waals surface area contributed by atoms with E-state index >= 15 is 0 Å². The number of nitriles is 1. The Morgan fingerprint density at radius 2 is 1.12 bits per heavy atom. The topological polar surface area (TPSA) is 76.4 Å². The number of halogens is 4.